The van der Waals surface area contributed by atoms with Crippen molar-refractivity contribution in [3.8, 4) is 0 Å². The number of rotatable bonds is 4. The zero-order valence-corrected chi connectivity index (χ0v) is 17.3. The van der Waals surface area contributed by atoms with Gasteiger partial charge in [-0.2, -0.15) is 4.98 Å². The Bertz CT molecular complexity index is 1260. The molecule has 1 aliphatic carbocycles. The molecular formula is C22H16ClFN4OS. The SMILES string of the molecule is O=C1C[C@@H](c2ccc(F)cc2)Cc2nc3nc(SCc4ccccc4Cl)nn3cc21. The molecule has 2 heterocycles. The molecule has 5 nitrogen and oxygen atoms in total. The van der Waals surface area contributed by atoms with Gasteiger partial charge in [-0.1, -0.05) is 53.7 Å². The predicted molar refractivity (Wildman–Crippen MR) is 114 cm³/mol. The maximum atomic E-state index is 13.2. The first-order chi connectivity index (χ1) is 14.6. The van der Waals surface area contributed by atoms with Gasteiger partial charge in [0.05, 0.1) is 11.3 Å². The van der Waals surface area contributed by atoms with Crippen molar-refractivity contribution < 1.29 is 9.18 Å². The molecule has 2 aromatic carbocycles. The van der Waals surface area contributed by atoms with Crippen LogP contribution in [0.4, 0.5) is 4.39 Å². The van der Waals surface area contributed by atoms with E-state index in [4.69, 9.17) is 11.6 Å². The normalized spacial score (nSPS) is 16.1. The highest BCUT2D eigenvalue weighted by atomic mass is 35.5. The highest BCUT2D eigenvalue weighted by Gasteiger charge is 2.28. The number of ketones is 1. The van der Waals surface area contributed by atoms with Gasteiger partial charge in [-0.25, -0.2) is 13.9 Å². The fraction of sp³-hybridized carbons (Fsp3) is 0.182. The first-order valence-corrected chi connectivity index (χ1v) is 10.8. The van der Waals surface area contributed by atoms with Gasteiger partial charge in [0, 0.05) is 23.4 Å². The summed E-state index contributed by atoms with van der Waals surface area (Å²) in [6.45, 7) is 0. The van der Waals surface area contributed by atoms with Gasteiger partial charge in [0.25, 0.3) is 5.78 Å². The van der Waals surface area contributed by atoms with Crippen molar-refractivity contribution in [2.45, 2.75) is 29.7 Å². The lowest BCUT2D eigenvalue weighted by Gasteiger charge is -2.23. The van der Waals surface area contributed by atoms with Gasteiger partial charge in [-0.15, -0.1) is 5.10 Å². The largest absolute Gasteiger partial charge is 0.294 e. The lowest BCUT2D eigenvalue weighted by molar-refractivity contribution is 0.0962. The van der Waals surface area contributed by atoms with Crippen molar-refractivity contribution in [2.75, 3.05) is 0 Å². The summed E-state index contributed by atoms with van der Waals surface area (Å²) in [6, 6.07) is 14.0. The van der Waals surface area contributed by atoms with Crippen molar-refractivity contribution in [3.05, 3.63) is 88.0 Å². The second-order valence-corrected chi connectivity index (χ2v) is 8.55. The van der Waals surface area contributed by atoms with Gasteiger partial charge < -0.3 is 0 Å². The van der Waals surface area contributed by atoms with Crippen LogP contribution in [0, 0.1) is 5.82 Å². The Kier molecular flexibility index (Phi) is 5.00. The molecule has 1 aliphatic rings. The quantitative estimate of drug-likeness (QED) is 0.414. The number of aromatic nitrogens is 4. The molecule has 2 aromatic heterocycles. The number of benzene rings is 2. The van der Waals surface area contributed by atoms with E-state index in [1.165, 1.54) is 23.9 Å². The maximum Gasteiger partial charge on any atom is 0.253 e. The maximum absolute atomic E-state index is 13.2. The second kappa shape index (κ2) is 7.81. The molecule has 0 saturated carbocycles. The number of nitrogens with zero attached hydrogens (tertiary/aromatic N) is 4. The first kappa shape index (κ1) is 19.2. The first-order valence-electron chi connectivity index (χ1n) is 9.48. The van der Waals surface area contributed by atoms with Crippen molar-refractivity contribution in [3.63, 3.8) is 0 Å². The molecule has 5 rings (SSSR count). The summed E-state index contributed by atoms with van der Waals surface area (Å²) in [4.78, 5) is 21.8. The minimum absolute atomic E-state index is 0.0146. The van der Waals surface area contributed by atoms with Gasteiger partial charge in [-0.05, 0) is 41.7 Å². The van der Waals surface area contributed by atoms with E-state index in [0.717, 1.165) is 11.1 Å². The van der Waals surface area contributed by atoms with E-state index in [0.29, 0.717) is 45.8 Å². The molecule has 150 valence electrons. The van der Waals surface area contributed by atoms with E-state index >= 15 is 0 Å². The van der Waals surface area contributed by atoms with Crippen LogP contribution in [0.2, 0.25) is 5.02 Å². The van der Waals surface area contributed by atoms with Crippen LogP contribution in [0.25, 0.3) is 5.78 Å². The summed E-state index contributed by atoms with van der Waals surface area (Å²) < 4.78 is 14.8. The molecular weight excluding hydrogens is 423 g/mol. The molecule has 0 unspecified atom stereocenters. The minimum Gasteiger partial charge on any atom is -0.294 e. The lowest BCUT2D eigenvalue weighted by atomic mass is 9.82. The smallest absolute Gasteiger partial charge is 0.253 e. The molecule has 0 saturated heterocycles. The third-order valence-corrected chi connectivity index (χ3v) is 6.47. The fourth-order valence-electron chi connectivity index (χ4n) is 3.65. The van der Waals surface area contributed by atoms with E-state index in [1.54, 1.807) is 22.8 Å². The van der Waals surface area contributed by atoms with E-state index in [1.807, 2.05) is 24.3 Å². The molecule has 0 spiro atoms. The van der Waals surface area contributed by atoms with Gasteiger partial charge >= 0.3 is 0 Å². The highest BCUT2D eigenvalue weighted by molar-refractivity contribution is 7.98. The van der Waals surface area contributed by atoms with Gasteiger partial charge in [-0.3, -0.25) is 4.79 Å². The summed E-state index contributed by atoms with van der Waals surface area (Å²) in [7, 11) is 0. The number of fused-ring (bicyclic) bond motifs is 2. The Hall–Kier alpha value is -2.77. The number of hydrogen-bond acceptors (Lipinski definition) is 5. The Balaban J connectivity index is 1.41. The van der Waals surface area contributed by atoms with Crippen LogP contribution < -0.4 is 0 Å². The summed E-state index contributed by atoms with van der Waals surface area (Å²) >= 11 is 7.68. The summed E-state index contributed by atoms with van der Waals surface area (Å²) in [5.41, 5.74) is 3.23. The van der Waals surface area contributed by atoms with Crippen LogP contribution in [0.5, 0.6) is 0 Å². The van der Waals surface area contributed by atoms with E-state index < -0.39 is 0 Å². The predicted octanol–water partition coefficient (Wildman–Crippen LogP) is 5.12. The third kappa shape index (κ3) is 3.70. The molecule has 4 aromatic rings. The molecule has 8 heteroatoms. The zero-order chi connectivity index (χ0) is 20.7. The Labute approximate surface area is 181 Å². The van der Waals surface area contributed by atoms with Crippen LogP contribution in [-0.4, -0.2) is 25.4 Å². The van der Waals surface area contributed by atoms with Crippen LogP contribution in [0.15, 0.2) is 59.9 Å². The molecule has 0 radical (unpaired) electrons. The number of carbonyl (C=O) groups is 1. The molecule has 0 amide bonds. The molecule has 1 atom stereocenters. The van der Waals surface area contributed by atoms with E-state index in [-0.39, 0.29) is 17.5 Å². The molecule has 0 fully saturated rings. The van der Waals surface area contributed by atoms with Crippen LogP contribution in [0.3, 0.4) is 0 Å². The standard InChI is InChI=1S/C22H16ClFN4OS/c23-18-4-2-1-3-14(18)12-30-22-26-21-25-19-9-15(13-5-7-16(24)8-6-13)10-20(29)17(19)11-28(21)27-22/h1-8,11,15H,9-10,12H2/t15-/m0/s1. The van der Waals surface area contributed by atoms with Crippen LogP contribution >= 0.6 is 23.4 Å². The average molecular weight is 439 g/mol. The molecule has 0 N–H and O–H groups in total. The summed E-state index contributed by atoms with van der Waals surface area (Å²) in [6.07, 6.45) is 2.69. The van der Waals surface area contributed by atoms with Crippen molar-refractivity contribution in [1.29, 1.82) is 0 Å². The fourth-order valence-corrected chi connectivity index (χ4v) is 4.76. The van der Waals surface area contributed by atoms with Crippen molar-refractivity contribution in [1.82, 2.24) is 19.6 Å². The second-order valence-electron chi connectivity index (χ2n) is 7.20. The number of hydrogen-bond donors (Lipinski definition) is 0. The summed E-state index contributed by atoms with van der Waals surface area (Å²) in [5, 5.41) is 5.74. The van der Waals surface area contributed by atoms with E-state index in [2.05, 4.69) is 15.1 Å². The Morgan fingerprint density at radius 3 is 2.70 bits per heavy atom. The average Bonchev–Trinajstić information content (AvgIpc) is 3.14. The monoisotopic (exact) mass is 438 g/mol. The van der Waals surface area contributed by atoms with Gasteiger partial charge in [0.2, 0.25) is 5.16 Å². The topological polar surface area (TPSA) is 60.2 Å². The number of Topliss-reactive ketones (excluding diaryl/α,β-unsaturated/α-hetero) is 1. The van der Waals surface area contributed by atoms with Gasteiger partial charge in [0.15, 0.2) is 5.78 Å². The molecule has 0 bridgehead atoms. The highest BCUT2D eigenvalue weighted by Crippen LogP contribution is 2.32. The van der Waals surface area contributed by atoms with Crippen LogP contribution in [-0.2, 0) is 12.2 Å². The van der Waals surface area contributed by atoms with Crippen molar-refractivity contribution in [2.24, 2.45) is 0 Å². The zero-order valence-electron chi connectivity index (χ0n) is 15.8. The molecule has 0 aliphatic heterocycles. The third-order valence-electron chi connectivity index (χ3n) is 5.22. The van der Waals surface area contributed by atoms with E-state index in [9.17, 15) is 9.18 Å². The minimum atomic E-state index is -0.286. The number of halogens is 2. The van der Waals surface area contributed by atoms with Crippen molar-refractivity contribution >= 4 is 34.9 Å². The lowest BCUT2D eigenvalue weighted by Crippen LogP contribution is -2.21. The number of carbonyl (C=O) groups excluding carboxylic acids is 1. The Morgan fingerprint density at radius 1 is 1.10 bits per heavy atom. The molecule has 30 heavy (non-hydrogen) atoms. The number of thioether (sulfide) groups is 1. The Morgan fingerprint density at radius 2 is 1.90 bits per heavy atom. The van der Waals surface area contributed by atoms with Crippen LogP contribution in [0.1, 0.15) is 39.5 Å². The van der Waals surface area contributed by atoms with Gasteiger partial charge in [0.1, 0.15) is 5.82 Å². The summed E-state index contributed by atoms with van der Waals surface area (Å²) in [5.74, 6) is 0.814.